The summed E-state index contributed by atoms with van der Waals surface area (Å²) in [4.78, 5) is 12.1. The minimum Gasteiger partial charge on any atom is -0.492 e. The third kappa shape index (κ3) is 2.01. The van der Waals surface area contributed by atoms with Crippen molar-refractivity contribution in [1.29, 1.82) is 0 Å². The SMILES string of the molecule is Cc1c2c(cc3c(-c4ccccc4)cc(=O)oc13)C(C1CC1)CO2. The van der Waals surface area contributed by atoms with Crippen LogP contribution >= 0.6 is 0 Å². The van der Waals surface area contributed by atoms with Gasteiger partial charge in [0, 0.05) is 28.5 Å². The smallest absolute Gasteiger partial charge is 0.336 e. The molecule has 1 aliphatic heterocycles. The van der Waals surface area contributed by atoms with Crippen LogP contribution in [0.2, 0.25) is 0 Å². The van der Waals surface area contributed by atoms with Crippen LogP contribution in [0.25, 0.3) is 22.1 Å². The van der Waals surface area contributed by atoms with E-state index in [1.165, 1.54) is 18.4 Å². The van der Waals surface area contributed by atoms with Gasteiger partial charge in [-0.2, -0.15) is 0 Å². The molecule has 1 unspecified atom stereocenters. The molecule has 1 aliphatic carbocycles. The molecule has 2 heterocycles. The number of hydrogen-bond acceptors (Lipinski definition) is 3. The number of aryl methyl sites for hydroxylation is 1. The monoisotopic (exact) mass is 318 g/mol. The fourth-order valence-electron chi connectivity index (χ4n) is 3.94. The fraction of sp³-hybridized carbons (Fsp3) is 0.286. The van der Waals surface area contributed by atoms with Crippen molar-refractivity contribution in [2.24, 2.45) is 5.92 Å². The maximum absolute atomic E-state index is 12.1. The van der Waals surface area contributed by atoms with Crippen molar-refractivity contribution >= 4 is 11.0 Å². The second-order valence-electron chi connectivity index (χ2n) is 6.90. The van der Waals surface area contributed by atoms with E-state index < -0.39 is 0 Å². The quantitative estimate of drug-likeness (QED) is 0.645. The molecule has 0 radical (unpaired) electrons. The maximum atomic E-state index is 12.1. The van der Waals surface area contributed by atoms with Crippen LogP contribution in [0.3, 0.4) is 0 Å². The molecule has 3 nitrogen and oxygen atoms in total. The Morgan fingerprint density at radius 1 is 1.08 bits per heavy atom. The zero-order valence-electron chi connectivity index (χ0n) is 13.5. The molecule has 24 heavy (non-hydrogen) atoms. The normalized spacial score (nSPS) is 19.3. The average molecular weight is 318 g/mol. The third-order valence-electron chi connectivity index (χ3n) is 5.33. The Hall–Kier alpha value is -2.55. The number of hydrogen-bond donors (Lipinski definition) is 0. The molecule has 2 aliphatic rings. The van der Waals surface area contributed by atoms with Crippen LogP contribution in [-0.4, -0.2) is 6.61 Å². The van der Waals surface area contributed by atoms with Gasteiger partial charge in [-0.25, -0.2) is 4.79 Å². The minimum atomic E-state index is -0.318. The molecule has 0 spiro atoms. The van der Waals surface area contributed by atoms with E-state index in [0.29, 0.717) is 11.5 Å². The molecule has 1 saturated carbocycles. The zero-order chi connectivity index (χ0) is 16.3. The molecule has 3 aromatic rings. The average Bonchev–Trinajstić information content (AvgIpc) is 3.36. The first-order valence-corrected chi connectivity index (χ1v) is 8.52. The van der Waals surface area contributed by atoms with Gasteiger partial charge in [0.05, 0.1) is 6.61 Å². The highest BCUT2D eigenvalue weighted by molar-refractivity contribution is 5.96. The lowest BCUT2D eigenvalue weighted by Gasteiger charge is -2.12. The van der Waals surface area contributed by atoms with E-state index >= 15 is 0 Å². The van der Waals surface area contributed by atoms with E-state index in [1.807, 2.05) is 37.3 Å². The van der Waals surface area contributed by atoms with E-state index in [2.05, 4.69) is 6.07 Å². The highest BCUT2D eigenvalue weighted by atomic mass is 16.5. The Bertz CT molecular complexity index is 997. The summed E-state index contributed by atoms with van der Waals surface area (Å²) in [6, 6.07) is 13.8. The lowest BCUT2D eigenvalue weighted by Crippen LogP contribution is -2.02. The predicted molar refractivity (Wildman–Crippen MR) is 93.6 cm³/mol. The van der Waals surface area contributed by atoms with Crippen LogP contribution in [0.4, 0.5) is 0 Å². The van der Waals surface area contributed by atoms with Crippen LogP contribution in [0.1, 0.15) is 29.9 Å². The Balaban J connectivity index is 1.83. The molecule has 120 valence electrons. The van der Waals surface area contributed by atoms with Gasteiger partial charge in [0.25, 0.3) is 0 Å². The lowest BCUT2D eigenvalue weighted by atomic mass is 9.91. The van der Waals surface area contributed by atoms with Gasteiger partial charge in [-0.3, -0.25) is 0 Å². The second-order valence-corrected chi connectivity index (χ2v) is 6.90. The Morgan fingerprint density at radius 3 is 2.62 bits per heavy atom. The van der Waals surface area contributed by atoms with Crippen LogP contribution in [0, 0.1) is 12.8 Å². The van der Waals surface area contributed by atoms with Crippen LogP contribution < -0.4 is 10.4 Å². The molecule has 1 aromatic heterocycles. The first-order valence-electron chi connectivity index (χ1n) is 8.52. The molecule has 1 fully saturated rings. The highest BCUT2D eigenvalue weighted by Crippen LogP contribution is 2.51. The molecule has 0 bridgehead atoms. The van der Waals surface area contributed by atoms with Gasteiger partial charge in [-0.15, -0.1) is 0 Å². The Kier molecular flexibility index (Phi) is 2.87. The van der Waals surface area contributed by atoms with E-state index in [1.54, 1.807) is 6.07 Å². The molecule has 2 aromatic carbocycles. The van der Waals surface area contributed by atoms with Crippen molar-refractivity contribution in [3.05, 3.63) is 64.0 Å². The summed E-state index contributed by atoms with van der Waals surface area (Å²) < 4.78 is 11.5. The molecule has 5 rings (SSSR count). The van der Waals surface area contributed by atoms with Gasteiger partial charge in [-0.1, -0.05) is 30.3 Å². The maximum Gasteiger partial charge on any atom is 0.336 e. The van der Waals surface area contributed by atoms with Crippen LogP contribution in [-0.2, 0) is 0 Å². The molecular weight excluding hydrogens is 300 g/mol. The number of ether oxygens (including phenoxy) is 1. The fourth-order valence-corrected chi connectivity index (χ4v) is 3.94. The largest absolute Gasteiger partial charge is 0.492 e. The third-order valence-corrected chi connectivity index (χ3v) is 5.33. The Labute approximate surface area is 139 Å². The van der Waals surface area contributed by atoms with Gasteiger partial charge < -0.3 is 9.15 Å². The summed E-state index contributed by atoms with van der Waals surface area (Å²) in [7, 11) is 0. The van der Waals surface area contributed by atoms with Crippen molar-refractivity contribution in [3.63, 3.8) is 0 Å². The van der Waals surface area contributed by atoms with Crippen LogP contribution in [0.15, 0.2) is 51.7 Å². The molecular formula is C21H18O3. The zero-order valence-corrected chi connectivity index (χ0v) is 13.5. The van der Waals surface area contributed by atoms with Crippen molar-refractivity contribution in [2.75, 3.05) is 6.61 Å². The van der Waals surface area contributed by atoms with Gasteiger partial charge in [0.15, 0.2) is 0 Å². The van der Waals surface area contributed by atoms with E-state index in [9.17, 15) is 4.79 Å². The van der Waals surface area contributed by atoms with Crippen LogP contribution in [0.5, 0.6) is 5.75 Å². The van der Waals surface area contributed by atoms with Gasteiger partial charge in [0.2, 0.25) is 0 Å². The molecule has 1 atom stereocenters. The highest BCUT2D eigenvalue weighted by Gasteiger charge is 2.39. The molecule has 3 heteroatoms. The lowest BCUT2D eigenvalue weighted by molar-refractivity contribution is 0.318. The van der Waals surface area contributed by atoms with E-state index in [4.69, 9.17) is 9.15 Å². The first-order chi connectivity index (χ1) is 11.7. The van der Waals surface area contributed by atoms with Crippen molar-refractivity contribution in [3.8, 4) is 16.9 Å². The predicted octanol–water partition coefficient (Wildman–Crippen LogP) is 4.65. The summed E-state index contributed by atoms with van der Waals surface area (Å²) in [6.45, 7) is 2.75. The first kappa shape index (κ1) is 13.8. The number of benzene rings is 2. The molecule has 0 amide bonds. The number of fused-ring (bicyclic) bond motifs is 2. The molecule has 0 saturated heterocycles. The van der Waals surface area contributed by atoms with E-state index in [0.717, 1.165) is 40.4 Å². The van der Waals surface area contributed by atoms with E-state index in [-0.39, 0.29) is 5.63 Å². The summed E-state index contributed by atoms with van der Waals surface area (Å²) in [6.07, 6.45) is 2.58. The van der Waals surface area contributed by atoms with Crippen molar-refractivity contribution < 1.29 is 9.15 Å². The summed E-state index contributed by atoms with van der Waals surface area (Å²) in [5, 5.41) is 1.01. The molecule has 0 N–H and O–H groups in total. The summed E-state index contributed by atoms with van der Waals surface area (Å²) in [5.41, 5.74) is 4.54. The van der Waals surface area contributed by atoms with Gasteiger partial charge in [-0.05, 0) is 42.9 Å². The number of rotatable bonds is 2. The summed E-state index contributed by atoms with van der Waals surface area (Å²) in [5.74, 6) is 2.16. The Morgan fingerprint density at radius 2 is 1.88 bits per heavy atom. The summed E-state index contributed by atoms with van der Waals surface area (Å²) >= 11 is 0. The topological polar surface area (TPSA) is 39.4 Å². The standard InChI is InChI=1S/C21H18O3/c1-12-20-17(18(11-23-20)14-7-8-14)9-16-15(10-19(22)24-21(12)16)13-5-3-2-4-6-13/h2-6,9-10,14,18H,7-8,11H2,1H3. The second kappa shape index (κ2) is 4.97. The van der Waals surface area contributed by atoms with Crippen molar-refractivity contribution in [2.45, 2.75) is 25.7 Å². The van der Waals surface area contributed by atoms with Gasteiger partial charge >= 0.3 is 5.63 Å². The minimum absolute atomic E-state index is 0.318. The van der Waals surface area contributed by atoms with Gasteiger partial charge in [0.1, 0.15) is 11.3 Å². The van der Waals surface area contributed by atoms with Crippen molar-refractivity contribution in [1.82, 2.24) is 0 Å².